The minimum absolute atomic E-state index is 0.139. The highest BCUT2D eigenvalue weighted by Gasteiger charge is 2.29. The first-order valence-electron chi connectivity index (χ1n) is 10.6. The van der Waals surface area contributed by atoms with Crippen LogP contribution in [0.5, 0.6) is 0 Å². The van der Waals surface area contributed by atoms with Crippen molar-refractivity contribution in [2.24, 2.45) is 0 Å². The minimum atomic E-state index is -0.325. The van der Waals surface area contributed by atoms with Gasteiger partial charge in [-0.25, -0.2) is 9.59 Å². The number of pyridine rings is 1. The molecule has 160 valence electrons. The summed E-state index contributed by atoms with van der Waals surface area (Å²) in [5.41, 5.74) is 2.82. The molecule has 1 saturated heterocycles. The van der Waals surface area contributed by atoms with E-state index < -0.39 is 0 Å². The number of hydrogen-bond acceptors (Lipinski definition) is 6. The zero-order chi connectivity index (χ0) is 20.9. The highest BCUT2D eigenvalue weighted by molar-refractivity contribution is 7.17. The topological polar surface area (TPSA) is 74.8 Å². The van der Waals surface area contributed by atoms with Crippen LogP contribution < -0.4 is 5.32 Å². The molecule has 2 aromatic heterocycles. The van der Waals surface area contributed by atoms with Crippen LogP contribution in [0.4, 0.5) is 9.80 Å². The number of ether oxygens (including phenoxy) is 1. The molecule has 0 bridgehead atoms. The number of aromatic nitrogens is 1. The van der Waals surface area contributed by atoms with Crippen molar-refractivity contribution in [3.63, 3.8) is 0 Å². The van der Waals surface area contributed by atoms with Crippen LogP contribution in [-0.2, 0) is 24.1 Å². The quantitative estimate of drug-likeness (QED) is 0.737. The summed E-state index contributed by atoms with van der Waals surface area (Å²) in [6, 6.07) is 3.88. The van der Waals surface area contributed by atoms with E-state index in [1.165, 1.54) is 21.8 Å². The van der Waals surface area contributed by atoms with Gasteiger partial charge in [0.25, 0.3) is 0 Å². The number of aryl methyl sites for hydroxylation is 1. The Morgan fingerprint density at radius 1 is 1.20 bits per heavy atom. The molecule has 1 N–H and O–H groups in total. The van der Waals surface area contributed by atoms with Crippen LogP contribution in [0, 0.1) is 0 Å². The summed E-state index contributed by atoms with van der Waals surface area (Å²) in [6.45, 7) is 5.92. The van der Waals surface area contributed by atoms with Crippen LogP contribution in [0.25, 0.3) is 0 Å². The van der Waals surface area contributed by atoms with Crippen LogP contribution in [0.3, 0.4) is 0 Å². The van der Waals surface area contributed by atoms with Gasteiger partial charge >= 0.3 is 12.0 Å². The number of amides is 2. The summed E-state index contributed by atoms with van der Waals surface area (Å²) in [5, 5.41) is 3.66. The smallest absolute Gasteiger partial charge is 0.341 e. The van der Waals surface area contributed by atoms with Crippen molar-refractivity contribution in [2.45, 2.75) is 39.2 Å². The number of piperazine rings is 1. The van der Waals surface area contributed by atoms with E-state index in [0.29, 0.717) is 30.3 Å². The molecule has 0 radical (unpaired) electrons. The second-order valence-electron chi connectivity index (χ2n) is 7.69. The summed E-state index contributed by atoms with van der Waals surface area (Å²) in [7, 11) is 0. The van der Waals surface area contributed by atoms with E-state index in [0.717, 1.165) is 50.9 Å². The first-order chi connectivity index (χ1) is 14.7. The maximum Gasteiger partial charge on any atom is 0.341 e. The number of nitrogens with one attached hydrogen (secondary N) is 1. The molecule has 4 rings (SSSR count). The van der Waals surface area contributed by atoms with Gasteiger partial charge in [-0.2, -0.15) is 0 Å². The standard InChI is InChI=1S/C22H28N4O3S/c1-2-29-21(27)19-17-7-3-4-8-18(17)30-20(19)24-22(28)26-12-10-25(11-13-26)15-16-6-5-9-23-14-16/h5-6,9,14H,2-4,7-8,10-13,15H2,1H3,(H,24,28). The van der Waals surface area contributed by atoms with Gasteiger partial charge in [0.2, 0.25) is 0 Å². The van der Waals surface area contributed by atoms with E-state index in [2.05, 4.69) is 21.3 Å². The highest BCUT2D eigenvalue weighted by atomic mass is 32.1. The molecule has 7 nitrogen and oxygen atoms in total. The summed E-state index contributed by atoms with van der Waals surface area (Å²) in [4.78, 5) is 35.0. The van der Waals surface area contributed by atoms with Crippen LogP contribution in [0.2, 0.25) is 0 Å². The Morgan fingerprint density at radius 3 is 2.73 bits per heavy atom. The van der Waals surface area contributed by atoms with Gasteiger partial charge in [-0.3, -0.25) is 15.2 Å². The monoisotopic (exact) mass is 428 g/mol. The number of carbonyl (C=O) groups excluding carboxylic acids is 2. The molecule has 0 saturated carbocycles. The molecule has 2 aromatic rings. The van der Waals surface area contributed by atoms with E-state index in [1.54, 1.807) is 13.1 Å². The summed E-state index contributed by atoms with van der Waals surface area (Å²) in [5.74, 6) is -0.325. The Bertz CT molecular complexity index is 891. The second kappa shape index (κ2) is 9.57. The Balaban J connectivity index is 1.39. The fraction of sp³-hybridized carbons (Fsp3) is 0.500. The number of anilines is 1. The number of hydrogen-bond donors (Lipinski definition) is 1. The highest BCUT2D eigenvalue weighted by Crippen LogP contribution is 2.38. The molecule has 0 unspecified atom stereocenters. The van der Waals surface area contributed by atoms with Crippen LogP contribution in [0.15, 0.2) is 24.5 Å². The number of thiophene rings is 1. The summed E-state index contributed by atoms with van der Waals surface area (Å²) < 4.78 is 5.28. The largest absolute Gasteiger partial charge is 0.462 e. The molecule has 1 aliphatic heterocycles. The first-order valence-corrected chi connectivity index (χ1v) is 11.5. The molecule has 8 heteroatoms. The van der Waals surface area contributed by atoms with Crippen LogP contribution in [-0.4, -0.2) is 59.6 Å². The molecule has 0 spiro atoms. The fourth-order valence-corrected chi connectivity index (χ4v) is 5.38. The lowest BCUT2D eigenvalue weighted by atomic mass is 9.95. The second-order valence-corrected chi connectivity index (χ2v) is 8.80. The van der Waals surface area contributed by atoms with E-state index in [-0.39, 0.29) is 12.0 Å². The lowest BCUT2D eigenvalue weighted by Crippen LogP contribution is -2.49. The van der Waals surface area contributed by atoms with Crippen molar-refractivity contribution in [2.75, 3.05) is 38.1 Å². The zero-order valence-corrected chi connectivity index (χ0v) is 18.2. The summed E-state index contributed by atoms with van der Waals surface area (Å²) >= 11 is 1.53. The van der Waals surface area contributed by atoms with E-state index in [9.17, 15) is 9.59 Å². The van der Waals surface area contributed by atoms with Gasteiger partial charge < -0.3 is 9.64 Å². The Labute approximate surface area is 181 Å². The van der Waals surface area contributed by atoms with E-state index in [1.807, 2.05) is 17.2 Å². The molecule has 1 aliphatic carbocycles. The number of esters is 1. The first kappa shape index (κ1) is 20.8. The molecular weight excluding hydrogens is 400 g/mol. The van der Waals surface area contributed by atoms with Crippen molar-refractivity contribution in [3.05, 3.63) is 46.1 Å². The molecular formula is C22H28N4O3S. The lowest BCUT2D eigenvalue weighted by Gasteiger charge is -2.34. The van der Waals surface area contributed by atoms with Gasteiger partial charge in [-0.1, -0.05) is 6.07 Å². The van der Waals surface area contributed by atoms with Crippen molar-refractivity contribution in [1.82, 2.24) is 14.8 Å². The number of carbonyl (C=O) groups is 2. The predicted octanol–water partition coefficient (Wildman–Crippen LogP) is 3.55. The zero-order valence-electron chi connectivity index (χ0n) is 17.4. The van der Waals surface area contributed by atoms with E-state index >= 15 is 0 Å². The number of nitrogens with zero attached hydrogens (tertiary/aromatic N) is 3. The van der Waals surface area contributed by atoms with Crippen LogP contribution >= 0.6 is 11.3 Å². The van der Waals surface area contributed by atoms with Gasteiger partial charge in [0.1, 0.15) is 5.00 Å². The van der Waals surface area contributed by atoms with Crippen molar-refractivity contribution in [1.29, 1.82) is 0 Å². The molecule has 0 atom stereocenters. The maximum absolute atomic E-state index is 12.9. The van der Waals surface area contributed by atoms with Gasteiger partial charge in [0.05, 0.1) is 12.2 Å². The lowest BCUT2D eigenvalue weighted by molar-refractivity contribution is 0.0526. The molecule has 0 aromatic carbocycles. The average molecular weight is 429 g/mol. The third-order valence-electron chi connectivity index (χ3n) is 5.66. The number of urea groups is 1. The molecule has 2 aliphatic rings. The normalized spacial score (nSPS) is 16.8. The van der Waals surface area contributed by atoms with Crippen molar-refractivity contribution >= 4 is 28.3 Å². The number of rotatable bonds is 5. The van der Waals surface area contributed by atoms with Crippen LogP contribution in [0.1, 0.15) is 46.1 Å². The Kier molecular flexibility index (Phi) is 6.64. The Hall–Kier alpha value is -2.45. The molecule has 30 heavy (non-hydrogen) atoms. The average Bonchev–Trinajstić information content (AvgIpc) is 3.13. The predicted molar refractivity (Wildman–Crippen MR) is 117 cm³/mol. The summed E-state index contributed by atoms with van der Waals surface area (Å²) in [6.07, 6.45) is 7.70. The molecule has 2 amide bonds. The van der Waals surface area contributed by atoms with Gasteiger partial charge in [0.15, 0.2) is 0 Å². The van der Waals surface area contributed by atoms with Gasteiger partial charge in [-0.15, -0.1) is 11.3 Å². The minimum Gasteiger partial charge on any atom is -0.462 e. The van der Waals surface area contributed by atoms with Crippen molar-refractivity contribution in [3.8, 4) is 0 Å². The SMILES string of the molecule is CCOC(=O)c1c(NC(=O)N2CCN(Cc3cccnc3)CC2)sc2c1CCCC2. The van der Waals surface area contributed by atoms with Gasteiger partial charge in [-0.05, 0) is 49.8 Å². The van der Waals surface area contributed by atoms with E-state index in [4.69, 9.17) is 4.74 Å². The molecule has 3 heterocycles. The third kappa shape index (κ3) is 4.65. The van der Waals surface area contributed by atoms with Crippen molar-refractivity contribution < 1.29 is 14.3 Å². The fourth-order valence-electron chi connectivity index (χ4n) is 4.11. The third-order valence-corrected chi connectivity index (χ3v) is 6.87. The maximum atomic E-state index is 12.9. The van der Waals surface area contributed by atoms with Gasteiger partial charge in [0, 0.05) is 50.0 Å². The Morgan fingerprint density at radius 2 is 2.00 bits per heavy atom. The number of fused-ring (bicyclic) bond motifs is 1. The molecule has 1 fully saturated rings.